The van der Waals surface area contributed by atoms with Crippen LogP contribution in [0.3, 0.4) is 0 Å². The normalized spacial score (nSPS) is 14.0. The van der Waals surface area contributed by atoms with Crippen molar-refractivity contribution in [3.05, 3.63) is 34.9 Å². The van der Waals surface area contributed by atoms with Gasteiger partial charge in [0.2, 0.25) is 11.8 Å². The maximum atomic E-state index is 14.1. The van der Waals surface area contributed by atoms with Crippen molar-refractivity contribution in [2.75, 3.05) is 13.2 Å². The number of unbranched alkanes of at least 4 members (excludes halogenated alkanes) is 2. The van der Waals surface area contributed by atoms with E-state index in [-0.39, 0.29) is 11.9 Å². The molecule has 3 N–H and O–H groups in total. The summed E-state index contributed by atoms with van der Waals surface area (Å²) in [5.74, 6) is -0.386. The van der Waals surface area contributed by atoms with E-state index in [0.717, 1.165) is 42.4 Å². The predicted molar refractivity (Wildman–Crippen MR) is 152 cm³/mol. The van der Waals surface area contributed by atoms with E-state index in [0.29, 0.717) is 18.9 Å². The lowest BCUT2D eigenvalue weighted by Crippen LogP contribution is -2.57. The number of alkyl carbamates (subject to hydrolysis) is 1. The molecule has 3 atom stereocenters. The maximum Gasteiger partial charge on any atom is 0.408 e. The molecule has 0 heterocycles. The van der Waals surface area contributed by atoms with Crippen molar-refractivity contribution in [3.8, 4) is 0 Å². The smallest absolute Gasteiger partial charge is 0.408 e. The van der Waals surface area contributed by atoms with E-state index in [2.05, 4.69) is 31.4 Å². The number of hydrogen-bond acceptors (Lipinski definition) is 5. The fourth-order valence-corrected chi connectivity index (χ4v) is 4.30. The van der Waals surface area contributed by atoms with Crippen LogP contribution in [0.5, 0.6) is 0 Å². The topological polar surface area (TPSA) is 108 Å². The molecule has 8 heteroatoms. The molecule has 0 aliphatic carbocycles. The Balaban J connectivity index is 3.55. The van der Waals surface area contributed by atoms with Crippen molar-refractivity contribution in [3.63, 3.8) is 0 Å². The molecule has 0 radical (unpaired) electrons. The fourth-order valence-electron chi connectivity index (χ4n) is 4.30. The van der Waals surface area contributed by atoms with E-state index in [4.69, 9.17) is 4.74 Å². The van der Waals surface area contributed by atoms with Crippen molar-refractivity contribution in [2.45, 2.75) is 118 Å². The molecule has 0 aliphatic rings. The lowest BCUT2D eigenvalue weighted by Gasteiger charge is -2.39. The highest BCUT2D eigenvalue weighted by molar-refractivity contribution is 5.92. The van der Waals surface area contributed by atoms with Gasteiger partial charge in [0.1, 0.15) is 17.7 Å². The fraction of sp³-hybridized carbons (Fsp3) is 0.700. The molecule has 3 amide bonds. The first-order chi connectivity index (χ1) is 17.7. The first-order valence-electron chi connectivity index (χ1n) is 14.0. The number of aliphatic hydroxyl groups is 1. The molecule has 0 spiro atoms. The molecule has 0 fully saturated rings. The van der Waals surface area contributed by atoms with Crippen LogP contribution in [0.25, 0.3) is 0 Å². The van der Waals surface area contributed by atoms with E-state index >= 15 is 0 Å². The third kappa shape index (κ3) is 10.6. The summed E-state index contributed by atoms with van der Waals surface area (Å²) in [5.41, 5.74) is 1.91. The van der Waals surface area contributed by atoms with Crippen molar-refractivity contribution in [1.82, 2.24) is 15.5 Å². The number of amides is 3. The number of ether oxygens (including phenoxy) is 1. The van der Waals surface area contributed by atoms with Crippen LogP contribution in [0.15, 0.2) is 18.2 Å². The highest BCUT2D eigenvalue weighted by Crippen LogP contribution is 2.30. The lowest BCUT2D eigenvalue weighted by molar-refractivity contribution is -0.146. The van der Waals surface area contributed by atoms with Gasteiger partial charge in [0.25, 0.3) is 0 Å². The Hall–Kier alpha value is -2.61. The van der Waals surface area contributed by atoms with Crippen LogP contribution in [-0.4, -0.2) is 58.8 Å². The van der Waals surface area contributed by atoms with E-state index in [1.807, 2.05) is 39.0 Å². The number of aliphatic hydroxyl groups excluding tert-OH is 1. The highest BCUT2D eigenvalue weighted by atomic mass is 16.6. The molecular weight excluding hydrogens is 482 g/mol. The Bertz CT molecular complexity index is 910. The molecule has 3 unspecified atom stereocenters. The molecule has 0 aromatic heterocycles. The van der Waals surface area contributed by atoms with Crippen LogP contribution < -0.4 is 10.6 Å². The Morgan fingerprint density at radius 2 is 1.71 bits per heavy atom. The summed E-state index contributed by atoms with van der Waals surface area (Å²) in [6.07, 6.45) is 3.59. The average molecular weight is 534 g/mol. The second-order valence-corrected chi connectivity index (χ2v) is 11.6. The number of benzene rings is 1. The van der Waals surface area contributed by atoms with Crippen LogP contribution >= 0.6 is 0 Å². The summed E-state index contributed by atoms with van der Waals surface area (Å²) in [4.78, 5) is 41.9. The van der Waals surface area contributed by atoms with E-state index in [1.54, 1.807) is 25.7 Å². The van der Waals surface area contributed by atoms with Crippen LogP contribution in [0.1, 0.15) is 103 Å². The SMILES string of the molecule is CCCCCNC(=O)C(c1cccc(C)c1C)N(C(=O)C(CO)NC(=O)OC(C)(C)C)C(C)CCC(C)C. The lowest BCUT2D eigenvalue weighted by atomic mass is 9.93. The largest absolute Gasteiger partial charge is 0.444 e. The van der Waals surface area contributed by atoms with E-state index in [1.165, 1.54) is 0 Å². The van der Waals surface area contributed by atoms with E-state index in [9.17, 15) is 19.5 Å². The Morgan fingerprint density at radius 3 is 2.26 bits per heavy atom. The summed E-state index contributed by atoms with van der Waals surface area (Å²) in [6, 6.07) is 3.24. The standard InChI is InChI=1S/C30H51N3O5/c1-10-11-12-18-31-27(35)26(24-15-13-14-21(4)23(24)6)33(22(5)17-16-20(2)3)28(36)25(19-34)32-29(37)38-30(7,8)9/h13-15,20,22,25-26,34H,10-12,16-19H2,1-9H3,(H,31,35)(H,32,37). The second-order valence-electron chi connectivity index (χ2n) is 11.6. The van der Waals surface area contributed by atoms with Gasteiger partial charge in [-0.1, -0.05) is 51.8 Å². The van der Waals surface area contributed by atoms with Gasteiger partial charge in [-0.3, -0.25) is 9.59 Å². The van der Waals surface area contributed by atoms with Gasteiger partial charge in [0, 0.05) is 12.6 Å². The summed E-state index contributed by atoms with van der Waals surface area (Å²) in [5, 5.41) is 15.7. The quantitative estimate of drug-likeness (QED) is 0.285. The molecule has 1 rings (SSSR count). The summed E-state index contributed by atoms with van der Waals surface area (Å²) < 4.78 is 5.33. The van der Waals surface area contributed by atoms with Crippen LogP contribution in [0, 0.1) is 19.8 Å². The third-order valence-corrected chi connectivity index (χ3v) is 6.61. The van der Waals surface area contributed by atoms with Gasteiger partial charge in [0.15, 0.2) is 0 Å². The first kappa shape index (κ1) is 33.4. The van der Waals surface area contributed by atoms with Crippen LogP contribution in [-0.2, 0) is 14.3 Å². The number of hydrogen-bond donors (Lipinski definition) is 3. The van der Waals surface area contributed by atoms with Gasteiger partial charge < -0.3 is 25.4 Å². The minimum atomic E-state index is -1.26. The number of carbonyl (C=O) groups excluding carboxylic acids is 3. The number of nitrogens with zero attached hydrogens (tertiary/aromatic N) is 1. The summed E-state index contributed by atoms with van der Waals surface area (Å²) >= 11 is 0. The number of aryl methyl sites for hydroxylation is 1. The van der Waals surface area contributed by atoms with Gasteiger partial charge in [-0.25, -0.2) is 4.79 Å². The first-order valence-corrected chi connectivity index (χ1v) is 14.0. The molecule has 0 saturated carbocycles. The molecule has 1 aromatic carbocycles. The minimum absolute atomic E-state index is 0.270. The zero-order valence-electron chi connectivity index (χ0n) is 25.0. The van der Waals surface area contributed by atoms with Gasteiger partial charge in [0.05, 0.1) is 6.61 Å². The molecular formula is C30H51N3O5. The molecule has 38 heavy (non-hydrogen) atoms. The molecule has 1 aromatic rings. The van der Waals surface area contributed by atoms with Crippen LogP contribution in [0.2, 0.25) is 0 Å². The van der Waals surface area contributed by atoms with Gasteiger partial charge in [-0.05, 0) is 83.4 Å². The zero-order chi connectivity index (χ0) is 29.0. The minimum Gasteiger partial charge on any atom is -0.444 e. The monoisotopic (exact) mass is 533 g/mol. The summed E-state index contributed by atoms with van der Waals surface area (Å²) in [7, 11) is 0. The second kappa shape index (κ2) is 15.7. The Morgan fingerprint density at radius 1 is 1.05 bits per heavy atom. The number of nitrogens with one attached hydrogen (secondary N) is 2. The zero-order valence-corrected chi connectivity index (χ0v) is 25.0. The van der Waals surface area contributed by atoms with Gasteiger partial charge in [-0.2, -0.15) is 0 Å². The average Bonchev–Trinajstić information content (AvgIpc) is 2.82. The van der Waals surface area contributed by atoms with Crippen molar-refractivity contribution >= 4 is 17.9 Å². The maximum absolute atomic E-state index is 14.1. The molecule has 0 bridgehead atoms. The van der Waals surface area contributed by atoms with Crippen LogP contribution in [0.4, 0.5) is 4.79 Å². The van der Waals surface area contributed by atoms with Crippen molar-refractivity contribution < 1.29 is 24.2 Å². The van der Waals surface area contributed by atoms with E-state index < -0.39 is 36.3 Å². The highest BCUT2D eigenvalue weighted by Gasteiger charge is 2.39. The molecule has 216 valence electrons. The third-order valence-electron chi connectivity index (χ3n) is 6.61. The number of rotatable bonds is 14. The summed E-state index contributed by atoms with van der Waals surface area (Å²) in [6.45, 7) is 17.2. The predicted octanol–water partition coefficient (Wildman–Crippen LogP) is 5.19. The Kier molecular flexibility index (Phi) is 13.8. The van der Waals surface area contributed by atoms with Gasteiger partial charge in [-0.15, -0.1) is 0 Å². The number of carbonyl (C=O) groups is 3. The Labute approximate surface area is 229 Å². The van der Waals surface area contributed by atoms with Gasteiger partial charge >= 0.3 is 6.09 Å². The van der Waals surface area contributed by atoms with Crippen molar-refractivity contribution in [2.24, 2.45) is 5.92 Å². The van der Waals surface area contributed by atoms with Crippen molar-refractivity contribution in [1.29, 1.82) is 0 Å². The molecule has 8 nitrogen and oxygen atoms in total. The molecule has 0 saturated heterocycles. The molecule has 0 aliphatic heterocycles.